The molecule has 0 unspecified atom stereocenters. The predicted molar refractivity (Wildman–Crippen MR) is 115 cm³/mol. The molecule has 1 fully saturated rings. The van der Waals surface area contributed by atoms with Crippen LogP contribution in [0.1, 0.15) is 33.9 Å². The van der Waals surface area contributed by atoms with E-state index >= 15 is 0 Å². The van der Waals surface area contributed by atoms with E-state index in [1.165, 1.54) is 16.7 Å². The van der Waals surface area contributed by atoms with Crippen molar-refractivity contribution in [2.45, 2.75) is 47.8 Å². The Labute approximate surface area is 183 Å². The van der Waals surface area contributed by atoms with Crippen molar-refractivity contribution in [1.29, 1.82) is 0 Å². The van der Waals surface area contributed by atoms with E-state index < -0.39 is 37.1 Å². The van der Waals surface area contributed by atoms with Crippen LogP contribution in [0.4, 0.5) is 0 Å². The molecule has 0 aliphatic carbocycles. The number of alkyl halides is 1. The van der Waals surface area contributed by atoms with Crippen LogP contribution in [-0.2, 0) is 22.0 Å². The van der Waals surface area contributed by atoms with Crippen LogP contribution in [0.3, 0.4) is 0 Å². The molecule has 156 valence electrons. The minimum atomic E-state index is -1.38. The highest BCUT2D eigenvalue weighted by molar-refractivity contribution is 14.1. The highest BCUT2D eigenvalue weighted by Gasteiger charge is 2.44. The van der Waals surface area contributed by atoms with Gasteiger partial charge in [0.1, 0.15) is 36.3 Å². The van der Waals surface area contributed by atoms with Gasteiger partial charge in [0.2, 0.25) is 0 Å². The molecule has 2 aliphatic heterocycles. The van der Waals surface area contributed by atoms with Gasteiger partial charge in [-0.3, -0.25) is 0 Å². The van der Waals surface area contributed by atoms with Crippen LogP contribution in [-0.4, -0.2) is 58.1 Å². The van der Waals surface area contributed by atoms with Gasteiger partial charge in [-0.15, -0.1) is 0 Å². The van der Waals surface area contributed by atoms with Gasteiger partial charge in [-0.2, -0.15) is 0 Å². The quantitative estimate of drug-likeness (QED) is 0.360. The molecule has 1 saturated heterocycles. The molecule has 7 heteroatoms. The summed E-state index contributed by atoms with van der Waals surface area (Å²) in [6.45, 7) is 0.293. The summed E-state index contributed by atoms with van der Waals surface area (Å²) in [4.78, 5) is 0. The number of fused-ring (bicyclic) bond motifs is 1. The molecule has 0 spiro atoms. The van der Waals surface area contributed by atoms with Crippen molar-refractivity contribution in [3.05, 3.63) is 64.2 Å². The minimum Gasteiger partial charge on any atom is -0.493 e. The molecular weight excluding hydrogens is 487 g/mol. The summed E-state index contributed by atoms with van der Waals surface area (Å²) >= 11 is 2.33. The summed E-state index contributed by atoms with van der Waals surface area (Å²) in [5, 5.41) is 40.1. The lowest BCUT2D eigenvalue weighted by Crippen LogP contribution is -2.55. The Morgan fingerprint density at radius 1 is 0.966 bits per heavy atom. The molecule has 2 aromatic carbocycles. The van der Waals surface area contributed by atoms with Crippen molar-refractivity contribution in [2.24, 2.45) is 0 Å². The second-order valence-corrected chi connectivity index (χ2v) is 8.39. The van der Waals surface area contributed by atoms with Gasteiger partial charge in [-0.05, 0) is 40.3 Å². The summed E-state index contributed by atoms with van der Waals surface area (Å²) in [5.74, 6) is 0.956. The van der Waals surface area contributed by atoms with Gasteiger partial charge in [0.25, 0.3) is 0 Å². The third-order valence-corrected chi connectivity index (χ3v) is 6.57. The van der Waals surface area contributed by atoms with Crippen LogP contribution in [0, 0.1) is 0 Å². The minimum absolute atomic E-state index is 0.433. The van der Waals surface area contributed by atoms with Crippen molar-refractivity contribution in [3.8, 4) is 5.75 Å². The summed E-state index contributed by atoms with van der Waals surface area (Å²) in [6, 6.07) is 12.1. The zero-order chi connectivity index (χ0) is 20.5. The van der Waals surface area contributed by atoms with Crippen LogP contribution in [0.5, 0.6) is 5.75 Å². The number of benzene rings is 2. The highest BCUT2D eigenvalue weighted by Crippen LogP contribution is 2.34. The van der Waals surface area contributed by atoms with Gasteiger partial charge in [0.05, 0.1) is 13.2 Å². The van der Waals surface area contributed by atoms with E-state index in [9.17, 15) is 20.4 Å². The fourth-order valence-electron chi connectivity index (χ4n) is 4.06. The van der Waals surface area contributed by atoms with Crippen LogP contribution >= 0.6 is 22.6 Å². The molecule has 0 saturated carbocycles. The Morgan fingerprint density at radius 2 is 1.79 bits per heavy atom. The first-order chi connectivity index (χ1) is 14.0. The topological polar surface area (TPSA) is 99.4 Å². The molecule has 0 aromatic heterocycles. The molecule has 0 amide bonds. The summed E-state index contributed by atoms with van der Waals surface area (Å²) < 4.78 is 12.2. The van der Waals surface area contributed by atoms with Gasteiger partial charge >= 0.3 is 0 Å². The van der Waals surface area contributed by atoms with Gasteiger partial charge in [-0.25, -0.2) is 0 Å². The van der Waals surface area contributed by atoms with Gasteiger partial charge in [-0.1, -0.05) is 52.9 Å². The van der Waals surface area contributed by atoms with Crippen molar-refractivity contribution in [3.63, 3.8) is 0 Å². The molecule has 4 rings (SSSR count). The normalized spacial score (nSPS) is 28.8. The smallest absolute Gasteiger partial charge is 0.122 e. The average Bonchev–Trinajstić information content (AvgIpc) is 3.20. The van der Waals surface area contributed by atoms with E-state index in [0.717, 1.165) is 40.8 Å². The van der Waals surface area contributed by atoms with E-state index in [1.54, 1.807) is 0 Å². The molecule has 0 radical (unpaired) electrons. The van der Waals surface area contributed by atoms with Crippen LogP contribution in [0.15, 0.2) is 36.4 Å². The maximum absolute atomic E-state index is 10.5. The molecule has 29 heavy (non-hydrogen) atoms. The fraction of sp³-hybridized carbons (Fsp3) is 0.455. The predicted octanol–water partition coefficient (Wildman–Crippen LogP) is 1.66. The molecule has 2 aliphatic rings. The van der Waals surface area contributed by atoms with Crippen LogP contribution in [0.25, 0.3) is 0 Å². The number of hydrogen-bond acceptors (Lipinski definition) is 6. The number of aliphatic hydroxyl groups is 4. The van der Waals surface area contributed by atoms with Crippen molar-refractivity contribution in [2.75, 3.05) is 13.2 Å². The molecule has 6 nitrogen and oxygen atoms in total. The second kappa shape index (κ2) is 8.87. The Bertz CT molecular complexity index is 870. The second-order valence-electron chi connectivity index (χ2n) is 7.63. The van der Waals surface area contributed by atoms with Gasteiger partial charge < -0.3 is 29.9 Å². The number of aliphatic hydroxyl groups excluding tert-OH is 4. The van der Waals surface area contributed by atoms with E-state index in [-0.39, 0.29) is 0 Å². The Kier molecular flexibility index (Phi) is 6.43. The number of halogens is 1. The lowest BCUT2D eigenvalue weighted by atomic mass is 9.89. The Hall–Kier alpha value is -1.23. The fourth-order valence-corrected chi connectivity index (χ4v) is 4.81. The summed E-state index contributed by atoms with van der Waals surface area (Å²) in [5.41, 5.74) is 5.44. The van der Waals surface area contributed by atoms with Crippen LogP contribution in [0.2, 0.25) is 0 Å². The highest BCUT2D eigenvalue weighted by atomic mass is 127. The number of rotatable bonds is 5. The van der Waals surface area contributed by atoms with E-state index in [2.05, 4.69) is 34.7 Å². The first-order valence-electron chi connectivity index (χ1n) is 9.74. The van der Waals surface area contributed by atoms with E-state index in [4.69, 9.17) is 9.47 Å². The zero-order valence-electron chi connectivity index (χ0n) is 15.9. The van der Waals surface area contributed by atoms with Gasteiger partial charge in [0.15, 0.2) is 0 Å². The van der Waals surface area contributed by atoms with Crippen molar-refractivity contribution < 1.29 is 29.9 Å². The largest absolute Gasteiger partial charge is 0.493 e. The molecule has 0 bridgehead atoms. The lowest BCUT2D eigenvalue weighted by Gasteiger charge is -2.40. The van der Waals surface area contributed by atoms with Crippen molar-refractivity contribution >= 4 is 22.6 Å². The maximum atomic E-state index is 10.5. The maximum Gasteiger partial charge on any atom is 0.122 e. The molecule has 2 aromatic rings. The zero-order valence-corrected chi connectivity index (χ0v) is 18.0. The molecule has 4 N–H and O–H groups in total. The number of ether oxygens (including phenoxy) is 2. The Balaban J connectivity index is 1.63. The third kappa shape index (κ3) is 4.17. The molecule has 2 heterocycles. The SMILES string of the molecule is OC[C@H]1O[C@@H](c2ccc(CI)c(Cc3ccc4c(c3)CCO4)c2)[C@H](O)[C@@H](O)[C@@H]1O. The average molecular weight is 512 g/mol. The van der Waals surface area contributed by atoms with E-state index in [1.807, 2.05) is 24.3 Å². The van der Waals surface area contributed by atoms with E-state index in [0.29, 0.717) is 0 Å². The Morgan fingerprint density at radius 3 is 2.55 bits per heavy atom. The molecular formula is C22H25IO6. The third-order valence-electron chi connectivity index (χ3n) is 5.74. The molecule has 5 atom stereocenters. The standard InChI is InChI=1S/C22H25IO6/c23-10-15-3-2-14(22-21(27)20(26)19(25)18(11-24)29-22)9-16(15)8-12-1-4-17-13(7-12)5-6-28-17/h1-4,7,9,18-22,24-27H,5-6,8,10-11H2/t18-,19-,20+,21-,22+/m1/s1. The van der Waals surface area contributed by atoms with Crippen LogP contribution < -0.4 is 4.74 Å². The lowest BCUT2D eigenvalue weighted by molar-refractivity contribution is -0.231. The number of hydrogen-bond donors (Lipinski definition) is 4. The first kappa shape index (κ1) is 21.0. The summed E-state index contributed by atoms with van der Waals surface area (Å²) in [7, 11) is 0. The summed E-state index contributed by atoms with van der Waals surface area (Å²) in [6.07, 6.45) is -4.08. The van der Waals surface area contributed by atoms with Gasteiger partial charge in [0, 0.05) is 10.8 Å². The first-order valence-corrected chi connectivity index (χ1v) is 11.3. The monoisotopic (exact) mass is 512 g/mol. The van der Waals surface area contributed by atoms with Crippen molar-refractivity contribution in [1.82, 2.24) is 0 Å².